The van der Waals surface area contributed by atoms with Crippen molar-refractivity contribution in [3.05, 3.63) is 71.8 Å². The van der Waals surface area contributed by atoms with Gasteiger partial charge in [0.05, 0.1) is 16.9 Å². The molecule has 0 unspecified atom stereocenters. The highest BCUT2D eigenvalue weighted by molar-refractivity contribution is 5.76. The summed E-state index contributed by atoms with van der Waals surface area (Å²) in [6.07, 6.45) is 8.62. The van der Waals surface area contributed by atoms with E-state index in [9.17, 15) is 14.7 Å². The summed E-state index contributed by atoms with van der Waals surface area (Å²) in [5.41, 5.74) is 0.982. The van der Waals surface area contributed by atoms with Crippen LogP contribution in [0.2, 0.25) is 0 Å². The van der Waals surface area contributed by atoms with Crippen LogP contribution in [0.3, 0.4) is 0 Å². The van der Waals surface area contributed by atoms with Crippen molar-refractivity contribution < 1.29 is 24.2 Å². The first-order valence-corrected chi connectivity index (χ1v) is 14.2. The van der Waals surface area contributed by atoms with E-state index in [4.69, 9.17) is 9.47 Å². The number of hydrogen-bond donors (Lipinski definition) is 1. The number of carbonyl (C=O) groups excluding carboxylic acids is 2. The smallest absolute Gasteiger partial charge is 0.311 e. The van der Waals surface area contributed by atoms with Crippen molar-refractivity contribution in [3.8, 4) is 0 Å². The maximum absolute atomic E-state index is 12.5. The number of aliphatic hydroxyl groups is 1. The maximum atomic E-state index is 12.5. The molecule has 0 atom stereocenters. The molecule has 0 aliphatic rings. The number of carbonyl (C=O) groups is 2. The Bertz CT molecular complexity index is 859. The minimum absolute atomic E-state index is 0.158. The lowest BCUT2D eigenvalue weighted by atomic mass is 9.86. The van der Waals surface area contributed by atoms with Crippen LogP contribution in [-0.2, 0) is 32.3 Å². The first-order chi connectivity index (χ1) is 18.1. The van der Waals surface area contributed by atoms with Crippen LogP contribution in [0.5, 0.6) is 0 Å². The van der Waals surface area contributed by atoms with Gasteiger partial charge in [0.2, 0.25) is 0 Å². The minimum atomic E-state index is -0.505. The van der Waals surface area contributed by atoms with Crippen LogP contribution in [0.15, 0.2) is 60.7 Å². The van der Waals surface area contributed by atoms with Gasteiger partial charge in [-0.1, -0.05) is 99.2 Å². The van der Waals surface area contributed by atoms with Crippen molar-refractivity contribution in [2.75, 3.05) is 0 Å². The molecule has 0 heterocycles. The van der Waals surface area contributed by atoms with Crippen molar-refractivity contribution in [2.24, 2.45) is 10.8 Å². The molecule has 2 rings (SSSR count). The number of ether oxygens (including phenoxy) is 2. The second-order valence-electron chi connectivity index (χ2n) is 11.7. The van der Waals surface area contributed by atoms with Crippen LogP contribution >= 0.6 is 0 Å². The van der Waals surface area contributed by atoms with Crippen LogP contribution in [0, 0.1) is 10.8 Å². The summed E-state index contributed by atoms with van der Waals surface area (Å²) in [5.74, 6) is -0.317. The molecule has 0 radical (unpaired) electrons. The van der Waals surface area contributed by atoms with Gasteiger partial charge in [-0.05, 0) is 64.5 Å². The van der Waals surface area contributed by atoms with E-state index < -0.39 is 10.8 Å². The third kappa shape index (κ3) is 12.3. The van der Waals surface area contributed by atoms with E-state index in [0.29, 0.717) is 13.2 Å². The Kier molecular flexibility index (Phi) is 13.6. The van der Waals surface area contributed by atoms with Gasteiger partial charge in [-0.15, -0.1) is 0 Å². The monoisotopic (exact) mass is 524 g/mol. The van der Waals surface area contributed by atoms with E-state index in [-0.39, 0.29) is 18.0 Å². The molecule has 0 saturated heterocycles. The zero-order chi connectivity index (χ0) is 27.9. The van der Waals surface area contributed by atoms with Gasteiger partial charge in [-0.25, -0.2) is 0 Å². The first kappa shape index (κ1) is 31.6. The maximum Gasteiger partial charge on any atom is 0.311 e. The van der Waals surface area contributed by atoms with Crippen molar-refractivity contribution in [2.45, 2.75) is 111 Å². The molecular formula is C33H48O5. The molecule has 38 heavy (non-hydrogen) atoms. The fraction of sp³-hybridized carbons (Fsp3) is 0.576. The number of hydrogen-bond acceptors (Lipinski definition) is 5. The Hall–Kier alpha value is -2.66. The van der Waals surface area contributed by atoms with E-state index in [1.807, 2.05) is 88.4 Å². The highest BCUT2D eigenvalue weighted by atomic mass is 16.5. The molecule has 210 valence electrons. The molecule has 0 spiro atoms. The topological polar surface area (TPSA) is 72.8 Å². The van der Waals surface area contributed by atoms with Crippen LogP contribution in [0.4, 0.5) is 0 Å². The highest BCUT2D eigenvalue weighted by Gasteiger charge is 2.29. The van der Waals surface area contributed by atoms with Crippen LogP contribution in [0.1, 0.15) is 103 Å². The van der Waals surface area contributed by atoms with Gasteiger partial charge in [-0.2, -0.15) is 0 Å². The fourth-order valence-corrected chi connectivity index (χ4v) is 4.43. The third-order valence-corrected chi connectivity index (χ3v) is 7.21. The van der Waals surface area contributed by atoms with E-state index in [2.05, 4.69) is 0 Å². The Morgan fingerprint density at radius 3 is 1.37 bits per heavy atom. The molecule has 2 aromatic rings. The molecule has 0 amide bonds. The Morgan fingerprint density at radius 2 is 1.00 bits per heavy atom. The van der Waals surface area contributed by atoms with E-state index in [0.717, 1.165) is 75.3 Å². The van der Waals surface area contributed by atoms with Gasteiger partial charge in [0.25, 0.3) is 0 Å². The zero-order valence-electron chi connectivity index (χ0n) is 23.9. The summed E-state index contributed by atoms with van der Waals surface area (Å²) >= 11 is 0. The lowest BCUT2D eigenvalue weighted by Gasteiger charge is -2.23. The highest BCUT2D eigenvalue weighted by Crippen LogP contribution is 2.28. The minimum Gasteiger partial charge on any atom is -0.460 e. The number of aliphatic hydroxyl groups excluding tert-OH is 1. The van der Waals surface area contributed by atoms with Gasteiger partial charge in [0, 0.05) is 0 Å². The lowest BCUT2D eigenvalue weighted by Crippen LogP contribution is -2.26. The van der Waals surface area contributed by atoms with Crippen LogP contribution in [0.25, 0.3) is 0 Å². The summed E-state index contributed by atoms with van der Waals surface area (Å²) in [6, 6.07) is 19.5. The van der Waals surface area contributed by atoms with Crippen LogP contribution in [-0.4, -0.2) is 23.1 Å². The molecule has 0 aliphatic carbocycles. The molecular weight excluding hydrogens is 476 g/mol. The molecule has 0 saturated carbocycles. The second kappa shape index (κ2) is 16.3. The van der Waals surface area contributed by atoms with Gasteiger partial charge < -0.3 is 14.6 Å². The summed E-state index contributed by atoms with van der Waals surface area (Å²) in [4.78, 5) is 25.0. The number of rotatable bonds is 18. The van der Waals surface area contributed by atoms with Crippen molar-refractivity contribution >= 4 is 11.9 Å². The lowest BCUT2D eigenvalue weighted by molar-refractivity contribution is -0.156. The summed E-state index contributed by atoms with van der Waals surface area (Å²) in [6.45, 7) is 8.40. The Morgan fingerprint density at radius 1 is 0.632 bits per heavy atom. The largest absolute Gasteiger partial charge is 0.460 e. The van der Waals surface area contributed by atoms with Crippen molar-refractivity contribution in [1.29, 1.82) is 0 Å². The molecule has 5 nitrogen and oxygen atoms in total. The molecule has 0 aromatic heterocycles. The number of benzene rings is 2. The molecule has 0 aliphatic heterocycles. The average Bonchev–Trinajstić information content (AvgIpc) is 2.90. The zero-order valence-corrected chi connectivity index (χ0v) is 23.9. The predicted octanol–water partition coefficient (Wildman–Crippen LogP) is 7.79. The van der Waals surface area contributed by atoms with Crippen molar-refractivity contribution in [3.63, 3.8) is 0 Å². The number of unbranched alkanes of at least 4 members (excludes halogenated alkanes) is 4. The third-order valence-electron chi connectivity index (χ3n) is 7.21. The number of esters is 2. The Labute approximate surface area is 229 Å². The molecule has 5 heteroatoms. The molecule has 1 N–H and O–H groups in total. The van der Waals surface area contributed by atoms with E-state index in [1.54, 1.807) is 0 Å². The van der Waals surface area contributed by atoms with E-state index >= 15 is 0 Å². The predicted molar refractivity (Wildman–Crippen MR) is 152 cm³/mol. The normalized spacial score (nSPS) is 11.9. The molecule has 0 bridgehead atoms. The standard InChI is InChI=1S/C33H48O5/c1-32(2,30(35)37-25-27-17-9-5-10-18-27)23-15-7-13-21-29(34)22-14-8-16-24-33(3,4)31(36)38-26-28-19-11-6-12-20-28/h5-6,9-12,17-20,29,34H,7-8,13-16,21-26H2,1-4H3. The van der Waals surface area contributed by atoms with Gasteiger partial charge >= 0.3 is 11.9 Å². The van der Waals surface area contributed by atoms with E-state index in [1.165, 1.54) is 0 Å². The molecule has 2 aromatic carbocycles. The average molecular weight is 525 g/mol. The second-order valence-corrected chi connectivity index (χ2v) is 11.7. The van der Waals surface area contributed by atoms with Gasteiger partial charge in [-0.3, -0.25) is 9.59 Å². The quantitative estimate of drug-likeness (QED) is 0.159. The fourth-order valence-electron chi connectivity index (χ4n) is 4.43. The van der Waals surface area contributed by atoms with Crippen LogP contribution < -0.4 is 0 Å². The first-order valence-electron chi connectivity index (χ1n) is 14.2. The summed E-state index contributed by atoms with van der Waals surface area (Å²) in [5, 5.41) is 10.4. The summed E-state index contributed by atoms with van der Waals surface area (Å²) < 4.78 is 11.0. The molecule has 0 fully saturated rings. The van der Waals surface area contributed by atoms with Crippen molar-refractivity contribution in [1.82, 2.24) is 0 Å². The van der Waals surface area contributed by atoms with Gasteiger partial charge in [0.15, 0.2) is 0 Å². The summed E-state index contributed by atoms with van der Waals surface area (Å²) in [7, 11) is 0. The Balaban J connectivity index is 1.50. The SMILES string of the molecule is CC(C)(CCCCCC(O)CCCCCC(C)(C)C(=O)OCc1ccccc1)C(=O)OCc1ccccc1. The van der Waals surface area contributed by atoms with Gasteiger partial charge in [0.1, 0.15) is 13.2 Å².